The maximum Gasteiger partial charge on any atom is 0.166 e. The summed E-state index contributed by atoms with van der Waals surface area (Å²) in [4.78, 5) is 12.2. The van der Waals surface area contributed by atoms with Crippen LogP contribution < -0.4 is 4.74 Å². The van der Waals surface area contributed by atoms with E-state index in [0.29, 0.717) is 30.3 Å². The number of Topliss-reactive ketones (excluding diaryl/α,β-unsaturated/α-hetero) is 1. The van der Waals surface area contributed by atoms with Crippen LogP contribution in [0.4, 0.5) is 4.39 Å². The van der Waals surface area contributed by atoms with Crippen molar-refractivity contribution < 1.29 is 18.7 Å². The molecule has 0 unspecified atom stereocenters. The summed E-state index contributed by atoms with van der Waals surface area (Å²) in [6.07, 6.45) is 2.55. The first kappa shape index (κ1) is 14.0. The summed E-state index contributed by atoms with van der Waals surface area (Å²) in [7, 11) is 1.48. The van der Waals surface area contributed by atoms with Gasteiger partial charge in [-0.1, -0.05) is 0 Å². The van der Waals surface area contributed by atoms with Crippen molar-refractivity contribution in [2.24, 2.45) is 5.92 Å². The van der Waals surface area contributed by atoms with Gasteiger partial charge >= 0.3 is 0 Å². The lowest BCUT2D eigenvalue weighted by Gasteiger charge is -2.34. The van der Waals surface area contributed by atoms with Gasteiger partial charge in [0, 0.05) is 13.0 Å². The van der Waals surface area contributed by atoms with Gasteiger partial charge in [-0.3, -0.25) is 4.79 Å². The molecule has 0 spiro atoms. The topological polar surface area (TPSA) is 35.5 Å². The van der Waals surface area contributed by atoms with Crippen LogP contribution in [-0.2, 0) is 4.74 Å². The van der Waals surface area contributed by atoms with E-state index in [1.807, 2.05) is 6.92 Å². The van der Waals surface area contributed by atoms with Crippen molar-refractivity contribution in [3.63, 3.8) is 0 Å². The lowest BCUT2D eigenvalue weighted by atomic mass is 9.78. The maximum absolute atomic E-state index is 13.2. The molecule has 4 heteroatoms. The maximum atomic E-state index is 13.2. The molecule has 0 amide bonds. The Labute approximate surface area is 112 Å². The summed E-state index contributed by atoms with van der Waals surface area (Å²) in [6, 6.07) is 4.04. The van der Waals surface area contributed by atoms with E-state index < -0.39 is 5.82 Å². The van der Waals surface area contributed by atoms with E-state index in [0.717, 1.165) is 12.8 Å². The summed E-state index contributed by atoms with van der Waals surface area (Å²) in [5.41, 5.74) is 0.336. The predicted octanol–water partition coefficient (Wildman–Crippen LogP) is 3.22. The number of ether oxygens (including phenoxy) is 2. The van der Waals surface area contributed by atoms with Gasteiger partial charge in [0.05, 0.1) is 18.8 Å². The molecule has 0 aliphatic heterocycles. The lowest BCUT2D eigenvalue weighted by molar-refractivity contribution is -0.0246. The van der Waals surface area contributed by atoms with Gasteiger partial charge in [0.25, 0.3) is 0 Å². The number of benzene rings is 1. The second-order valence-corrected chi connectivity index (χ2v) is 4.89. The number of halogens is 1. The van der Waals surface area contributed by atoms with E-state index in [-0.39, 0.29) is 11.9 Å². The Morgan fingerprint density at radius 1 is 1.42 bits per heavy atom. The number of ketones is 1. The second-order valence-electron chi connectivity index (χ2n) is 4.89. The number of rotatable bonds is 6. The molecule has 0 heterocycles. The van der Waals surface area contributed by atoms with Gasteiger partial charge in [-0.05, 0) is 43.9 Å². The summed E-state index contributed by atoms with van der Waals surface area (Å²) < 4.78 is 23.8. The zero-order valence-corrected chi connectivity index (χ0v) is 11.3. The van der Waals surface area contributed by atoms with Gasteiger partial charge < -0.3 is 9.47 Å². The number of carbonyl (C=O) groups excluding carboxylic acids is 1. The molecule has 0 bridgehead atoms. The minimum atomic E-state index is -0.412. The average molecular weight is 266 g/mol. The minimum absolute atomic E-state index is 0.0590. The second kappa shape index (κ2) is 6.15. The number of hydrogen-bond acceptors (Lipinski definition) is 3. The molecule has 3 nitrogen and oxygen atoms in total. The highest BCUT2D eigenvalue weighted by Crippen LogP contribution is 2.34. The first-order chi connectivity index (χ1) is 9.13. The van der Waals surface area contributed by atoms with E-state index in [1.165, 1.54) is 25.3 Å². The lowest BCUT2D eigenvalue weighted by Crippen LogP contribution is -2.32. The quantitative estimate of drug-likeness (QED) is 0.742. The predicted molar refractivity (Wildman–Crippen MR) is 70.0 cm³/mol. The summed E-state index contributed by atoms with van der Waals surface area (Å²) in [6.45, 7) is 2.68. The molecule has 1 saturated carbocycles. The first-order valence-corrected chi connectivity index (χ1v) is 6.62. The third-order valence-corrected chi connectivity index (χ3v) is 3.53. The van der Waals surface area contributed by atoms with Crippen molar-refractivity contribution in [1.29, 1.82) is 0 Å². The van der Waals surface area contributed by atoms with Crippen molar-refractivity contribution >= 4 is 5.78 Å². The van der Waals surface area contributed by atoms with Gasteiger partial charge in [-0.25, -0.2) is 4.39 Å². The Balaban J connectivity index is 1.95. The number of methoxy groups -OCH3 is 1. The van der Waals surface area contributed by atoms with Crippen LogP contribution in [-0.4, -0.2) is 25.6 Å². The normalized spacial score (nSPS) is 21.8. The zero-order valence-electron chi connectivity index (χ0n) is 11.3. The number of hydrogen-bond donors (Lipinski definition) is 0. The molecular weight excluding hydrogens is 247 g/mol. The molecule has 1 aromatic carbocycles. The zero-order chi connectivity index (χ0) is 13.8. The summed E-state index contributed by atoms with van der Waals surface area (Å²) >= 11 is 0. The molecule has 0 saturated heterocycles. The van der Waals surface area contributed by atoms with Crippen LogP contribution in [0.3, 0.4) is 0 Å². The Morgan fingerprint density at radius 3 is 2.79 bits per heavy atom. The van der Waals surface area contributed by atoms with E-state index >= 15 is 0 Å². The smallest absolute Gasteiger partial charge is 0.166 e. The van der Waals surface area contributed by atoms with Gasteiger partial charge in [0.15, 0.2) is 5.78 Å². The Hall–Kier alpha value is -1.42. The largest absolute Gasteiger partial charge is 0.496 e. The Morgan fingerprint density at radius 2 is 2.16 bits per heavy atom. The van der Waals surface area contributed by atoms with Crippen molar-refractivity contribution in [2.45, 2.75) is 32.3 Å². The van der Waals surface area contributed by atoms with Crippen LogP contribution >= 0.6 is 0 Å². The highest BCUT2D eigenvalue weighted by Gasteiger charge is 2.31. The van der Waals surface area contributed by atoms with Gasteiger partial charge in [0.2, 0.25) is 0 Å². The van der Waals surface area contributed by atoms with Crippen LogP contribution in [0.1, 0.15) is 36.5 Å². The van der Waals surface area contributed by atoms with Crippen molar-refractivity contribution in [3.8, 4) is 5.75 Å². The molecule has 1 aromatic rings. The molecule has 19 heavy (non-hydrogen) atoms. The molecule has 1 aliphatic rings. The molecule has 0 radical (unpaired) electrons. The van der Waals surface area contributed by atoms with Crippen LogP contribution in [0.15, 0.2) is 18.2 Å². The van der Waals surface area contributed by atoms with E-state index in [1.54, 1.807) is 0 Å². The molecular formula is C15H19FO3. The van der Waals surface area contributed by atoms with Crippen molar-refractivity contribution in [2.75, 3.05) is 13.7 Å². The number of carbonyl (C=O) groups is 1. The van der Waals surface area contributed by atoms with Crippen molar-refractivity contribution in [1.82, 2.24) is 0 Å². The molecule has 0 atom stereocenters. The Kier molecular flexibility index (Phi) is 4.53. The first-order valence-electron chi connectivity index (χ1n) is 6.62. The van der Waals surface area contributed by atoms with E-state index in [4.69, 9.17) is 9.47 Å². The fourth-order valence-corrected chi connectivity index (χ4v) is 2.48. The van der Waals surface area contributed by atoms with Gasteiger partial charge in [-0.2, -0.15) is 0 Å². The molecule has 2 rings (SSSR count). The SMILES string of the molecule is CCOC1CC(CC(=O)c2cc(F)ccc2OC)C1. The van der Waals surface area contributed by atoms with E-state index in [2.05, 4.69) is 0 Å². The van der Waals surface area contributed by atoms with Crippen LogP contribution in [0.2, 0.25) is 0 Å². The monoisotopic (exact) mass is 266 g/mol. The third kappa shape index (κ3) is 3.32. The highest BCUT2D eigenvalue weighted by molar-refractivity contribution is 5.98. The highest BCUT2D eigenvalue weighted by atomic mass is 19.1. The third-order valence-electron chi connectivity index (χ3n) is 3.53. The van der Waals surface area contributed by atoms with Crippen LogP contribution in [0.5, 0.6) is 5.75 Å². The summed E-state index contributed by atoms with van der Waals surface area (Å²) in [5.74, 6) is 0.311. The molecule has 0 aromatic heterocycles. The summed E-state index contributed by atoms with van der Waals surface area (Å²) in [5, 5.41) is 0. The fraction of sp³-hybridized carbons (Fsp3) is 0.533. The van der Waals surface area contributed by atoms with Crippen molar-refractivity contribution in [3.05, 3.63) is 29.6 Å². The van der Waals surface area contributed by atoms with Crippen LogP contribution in [0, 0.1) is 11.7 Å². The van der Waals surface area contributed by atoms with E-state index in [9.17, 15) is 9.18 Å². The average Bonchev–Trinajstić information content (AvgIpc) is 2.36. The van der Waals surface area contributed by atoms with Gasteiger partial charge in [-0.15, -0.1) is 0 Å². The molecule has 1 fully saturated rings. The van der Waals surface area contributed by atoms with Gasteiger partial charge in [0.1, 0.15) is 11.6 Å². The van der Waals surface area contributed by atoms with Crippen LogP contribution in [0.25, 0.3) is 0 Å². The standard InChI is InChI=1S/C15H19FO3/c1-3-19-12-6-10(7-12)8-14(17)13-9-11(16)4-5-15(13)18-2/h4-5,9-10,12H,3,6-8H2,1-2H3. The Bertz CT molecular complexity index is 453. The fourth-order valence-electron chi connectivity index (χ4n) is 2.48. The molecule has 104 valence electrons. The minimum Gasteiger partial charge on any atom is -0.496 e. The molecule has 1 aliphatic carbocycles. The molecule has 0 N–H and O–H groups in total.